The third-order valence-electron chi connectivity index (χ3n) is 4.94. The molecule has 1 fully saturated rings. The number of aromatic nitrogens is 1. The van der Waals surface area contributed by atoms with Gasteiger partial charge in [-0.25, -0.2) is 9.78 Å². The van der Waals surface area contributed by atoms with Gasteiger partial charge in [-0.2, -0.15) is 0 Å². The summed E-state index contributed by atoms with van der Waals surface area (Å²) in [5, 5.41) is 11.2. The van der Waals surface area contributed by atoms with Crippen molar-refractivity contribution in [2.45, 2.75) is 57.5 Å². The summed E-state index contributed by atoms with van der Waals surface area (Å²) in [7, 11) is 1.62. The maximum Gasteiger partial charge on any atom is 0.321 e. The number of aryl methyl sites for hydroxylation is 1. The van der Waals surface area contributed by atoms with Gasteiger partial charge < -0.3 is 15.4 Å². The molecule has 29 heavy (non-hydrogen) atoms. The van der Waals surface area contributed by atoms with Crippen molar-refractivity contribution in [3.63, 3.8) is 0 Å². The number of nitrogens with zero attached hydrogens (tertiary/aromatic N) is 1. The van der Waals surface area contributed by atoms with Crippen molar-refractivity contribution in [3.8, 4) is 5.75 Å². The third kappa shape index (κ3) is 7.05. The Morgan fingerprint density at radius 1 is 1.24 bits per heavy atom. The molecule has 0 aliphatic heterocycles. The van der Waals surface area contributed by atoms with Gasteiger partial charge in [0.15, 0.2) is 5.13 Å². The lowest BCUT2D eigenvalue weighted by Gasteiger charge is -2.22. The highest BCUT2D eigenvalue weighted by molar-refractivity contribution is 7.13. The Kier molecular flexibility index (Phi) is 7.86. The van der Waals surface area contributed by atoms with E-state index < -0.39 is 0 Å². The van der Waals surface area contributed by atoms with Crippen molar-refractivity contribution in [2.24, 2.45) is 0 Å². The number of carbonyl (C=O) groups excluding carboxylic acids is 2. The second-order valence-corrected chi connectivity index (χ2v) is 8.06. The van der Waals surface area contributed by atoms with Crippen LogP contribution in [0.2, 0.25) is 0 Å². The van der Waals surface area contributed by atoms with Crippen LogP contribution < -0.4 is 20.7 Å². The molecule has 1 saturated carbocycles. The number of ether oxygens (including phenoxy) is 1. The minimum absolute atomic E-state index is 0.0367. The summed E-state index contributed by atoms with van der Waals surface area (Å²) in [5.74, 6) is 0.733. The third-order valence-corrected chi connectivity index (χ3v) is 5.75. The standard InChI is InChI=1S/C21H28N4O3S/c1-28-18-9-5-6-15(12-18)13-22-19(26)11-10-17-14-29-21(24-17)25-20(27)23-16-7-3-2-4-8-16/h5-6,9,12,14,16H,2-4,7-8,10-11,13H2,1H3,(H,22,26)(H2,23,24,25,27). The molecule has 1 aliphatic carbocycles. The first-order chi connectivity index (χ1) is 14.1. The Bertz CT molecular complexity index is 818. The molecule has 3 N–H and O–H groups in total. The van der Waals surface area contributed by atoms with Gasteiger partial charge >= 0.3 is 6.03 Å². The molecule has 0 bridgehead atoms. The van der Waals surface area contributed by atoms with Gasteiger partial charge in [-0.3, -0.25) is 10.1 Å². The summed E-state index contributed by atoms with van der Waals surface area (Å²) < 4.78 is 5.18. The molecule has 0 unspecified atom stereocenters. The second-order valence-electron chi connectivity index (χ2n) is 7.21. The number of anilines is 1. The molecule has 0 spiro atoms. The highest BCUT2D eigenvalue weighted by atomic mass is 32.1. The van der Waals surface area contributed by atoms with Crippen LogP contribution >= 0.6 is 11.3 Å². The van der Waals surface area contributed by atoms with E-state index in [0.29, 0.717) is 24.5 Å². The summed E-state index contributed by atoms with van der Waals surface area (Å²) >= 11 is 1.38. The van der Waals surface area contributed by atoms with E-state index in [1.165, 1.54) is 30.6 Å². The summed E-state index contributed by atoms with van der Waals surface area (Å²) in [5.41, 5.74) is 1.79. The lowest BCUT2D eigenvalue weighted by Crippen LogP contribution is -2.38. The molecule has 0 atom stereocenters. The SMILES string of the molecule is COc1cccc(CNC(=O)CCc2csc(NC(=O)NC3CCCCC3)n2)c1. The number of hydrogen-bond donors (Lipinski definition) is 3. The molecule has 1 aliphatic rings. The highest BCUT2D eigenvalue weighted by Gasteiger charge is 2.16. The van der Waals surface area contributed by atoms with Gasteiger partial charge in [-0.15, -0.1) is 11.3 Å². The number of urea groups is 1. The van der Waals surface area contributed by atoms with Crippen molar-refractivity contribution in [3.05, 3.63) is 40.9 Å². The van der Waals surface area contributed by atoms with E-state index in [2.05, 4.69) is 20.9 Å². The van der Waals surface area contributed by atoms with Gasteiger partial charge in [0.1, 0.15) is 5.75 Å². The van der Waals surface area contributed by atoms with Crippen molar-refractivity contribution < 1.29 is 14.3 Å². The van der Waals surface area contributed by atoms with Crippen molar-refractivity contribution in [1.29, 1.82) is 0 Å². The smallest absolute Gasteiger partial charge is 0.321 e. The van der Waals surface area contributed by atoms with Crippen molar-refractivity contribution in [2.75, 3.05) is 12.4 Å². The highest BCUT2D eigenvalue weighted by Crippen LogP contribution is 2.19. The van der Waals surface area contributed by atoms with Crippen LogP contribution in [0.1, 0.15) is 49.8 Å². The van der Waals surface area contributed by atoms with Crippen LogP contribution in [-0.4, -0.2) is 30.1 Å². The summed E-state index contributed by atoms with van der Waals surface area (Å²) in [6, 6.07) is 7.67. The van der Waals surface area contributed by atoms with Crippen LogP contribution in [-0.2, 0) is 17.8 Å². The molecule has 0 radical (unpaired) electrons. The van der Waals surface area contributed by atoms with Gasteiger partial charge in [0.2, 0.25) is 5.91 Å². The van der Waals surface area contributed by atoms with E-state index in [9.17, 15) is 9.59 Å². The Morgan fingerprint density at radius 2 is 2.07 bits per heavy atom. The fourth-order valence-electron chi connectivity index (χ4n) is 3.36. The molecule has 3 rings (SSSR count). The Balaban J connectivity index is 1.38. The zero-order chi connectivity index (χ0) is 20.5. The molecule has 1 heterocycles. The number of thiazole rings is 1. The number of hydrogen-bond acceptors (Lipinski definition) is 5. The quantitative estimate of drug-likeness (QED) is 0.609. The second kappa shape index (κ2) is 10.8. The van der Waals surface area contributed by atoms with Crippen LogP contribution in [0.5, 0.6) is 5.75 Å². The van der Waals surface area contributed by atoms with Gasteiger partial charge in [0, 0.05) is 24.4 Å². The number of carbonyl (C=O) groups is 2. The number of rotatable bonds is 8. The maximum absolute atomic E-state index is 12.1. The molecular formula is C21H28N4O3S. The lowest BCUT2D eigenvalue weighted by atomic mass is 9.96. The minimum Gasteiger partial charge on any atom is -0.497 e. The molecule has 7 nitrogen and oxygen atoms in total. The fraction of sp³-hybridized carbons (Fsp3) is 0.476. The lowest BCUT2D eigenvalue weighted by molar-refractivity contribution is -0.121. The first-order valence-corrected chi connectivity index (χ1v) is 10.9. The van der Waals surface area contributed by atoms with E-state index in [1.807, 2.05) is 29.6 Å². The molecule has 3 amide bonds. The predicted octanol–water partition coefficient (Wildman–Crippen LogP) is 3.85. The van der Waals surface area contributed by atoms with E-state index >= 15 is 0 Å². The van der Waals surface area contributed by atoms with E-state index in [0.717, 1.165) is 29.8 Å². The monoisotopic (exact) mass is 416 g/mol. The van der Waals surface area contributed by atoms with Gasteiger partial charge in [0.25, 0.3) is 0 Å². The zero-order valence-electron chi connectivity index (χ0n) is 16.7. The Hall–Kier alpha value is -2.61. The van der Waals surface area contributed by atoms with Crippen LogP contribution in [0.25, 0.3) is 0 Å². The molecule has 1 aromatic carbocycles. The molecule has 2 aromatic rings. The van der Waals surface area contributed by atoms with Crippen molar-refractivity contribution >= 4 is 28.4 Å². The number of benzene rings is 1. The summed E-state index contributed by atoms with van der Waals surface area (Å²) in [4.78, 5) is 28.6. The molecule has 156 valence electrons. The van der Waals surface area contributed by atoms with Crippen LogP contribution in [0, 0.1) is 0 Å². The van der Waals surface area contributed by atoms with Crippen LogP contribution in [0.4, 0.5) is 9.93 Å². The van der Waals surface area contributed by atoms with Crippen LogP contribution in [0.3, 0.4) is 0 Å². The van der Waals surface area contributed by atoms with Crippen LogP contribution in [0.15, 0.2) is 29.6 Å². The average molecular weight is 417 g/mol. The Morgan fingerprint density at radius 3 is 2.86 bits per heavy atom. The topological polar surface area (TPSA) is 92.4 Å². The normalized spacial score (nSPS) is 14.2. The predicted molar refractivity (Wildman–Crippen MR) is 114 cm³/mol. The maximum atomic E-state index is 12.1. The summed E-state index contributed by atoms with van der Waals surface area (Å²) in [6.07, 6.45) is 6.57. The first kappa shape index (κ1) is 21.1. The van der Waals surface area contributed by atoms with Gasteiger partial charge in [-0.05, 0) is 37.0 Å². The molecular weight excluding hydrogens is 388 g/mol. The van der Waals surface area contributed by atoms with E-state index in [1.54, 1.807) is 7.11 Å². The van der Waals surface area contributed by atoms with E-state index in [-0.39, 0.29) is 18.0 Å². The molecule has 8 heteroatoms. The minimum atomic E-state index is -0.200. The first-order valence-electron chi connectivity index (χ1n) is 10.0. The summed E-state index contributed by atoms with van der Waals surface area (Å²) in [6.45, 7) is 0.460. The molecule has 0 saturated heterocycles. The fourth-order valence-corrected chi connectivity index (χ4v) is 4.10. The molecule has 1 aromatic heterocycles. The number of methoxy groups -OCH3 is 1. The van der Waals surface area contributed by atoms with Gasteiger partial charge in [0.05, 0.1) is 12.8 Å². The Labute approximate surface area is 175 Å². The zero-order valence-corrected chi connectivity index (χ0v) is 17.5. The largest absolute Gasteiger partial charge is 0.497 e. The average Bonchev–Trinajstić information content (AvgIpc) is 3.18. The van der Waals surface area contributed by atoms with Crippen molar-refractivity contribution in [1.82, 2.24) is 15.6 Å². The van der Waals surface area contributed by atoms with E-state index in [4.69, 9.17) is 4.74 Å². The van der Waals surface area contributed by atoms with Gasteiger partial charge in [-0.1, -0.05) is 31.4 Å². The number of amides is 3. The number of nitrogens with one attached hydrogen (secondary N) is 3.